The molecular weight excluding hydrogens is 403 g/mol. The molecule has 0 atom stereocenters. The number of aliphatic imine (C=N–C) groups is 1. The van der Waals surface area contributed by atoms with Crippen molar-refractivity contribution in [1.82, 2.24) is 9.80 Å². The van der Waals surface area contributed by atoms with E-state index >= 15 is 0 Å². The average molecular weight is 436 g/mol. The van der Waals surface area contributed by atoms with Crippen LogP contribution in [0.2, 0.25) is 0 Å². The maximum atomic E-state index is 6.21. The van der Waals surface area contributed by atoms with Gasteiger partial charge in [0, 0.05) is 44.7 Å². The predicted octanol–water partition coefficient (Wildman–Crippen LogP) is 2.30. The molecule has 3 fully saturated rings. The minimum Gasteiger partial charge on any atom is -0.379 e. The minimum absolute atomic E-state index is 0. The third-order valence-corrected chi connectivity index (χ3v) is 5.61. The van der Waals surface area contributed by atoms with Crippen molar-refractivity contribution in [2.24, 2.45) is 16.1 Å². The lowest BCUT2D eigenvalue weighted by atomic mass is 9.73. The molecule has 3 rings (SSSR count). The molecule has 0 aromatic heterocycles. The van der Waals surface area contributed by atoms with E-state index in [0.29, 0.717) is 11.5 Å². The van der Waals surface area contributed by atoms with Crippen LogP contribution < -0.4 is 5.73 Å². The molecule has 1 heterocycles. The molecule has 1 aliphatic heterocycles. The highest BCUT2D eigenvalue weighted by atomic mass is 127. The first kappa shape index (κ1) is 19.2. The molecule has 0 amide bonds. The van der Waals surface area contributed by atoms with E-state index in [0.717, 1.165) is 38.8 Å². The van der Waals surface area contributed by atoms with Gasteiger partial charge in [0.2, 0.25) is 0 Å². The molecule has 0 aromatic rings. The summed E-state index contributed by atoms with van der Waals surface area (Å²) in [7, 11) is 2.09. The Morgan fingerprint density at radius 1 is 1.22 bits per heavy atom. The second-order valence-electron chi connectivity index (χ2n) is 7.47. The van der Waals surface area contributed by atoms with E-state index in [1.54, 1.807) is 0 Å². The summed E-state index contributed by atoms with van der Waals surface area (Å²) >= 11 is 0. The molecule has 0 bridgehead atoms. The molecule has 5 nitrogen and oxygen atoms in total. The van der Waals surface area contributed by atoms with Crippen LogP contribution in [0.5, 0.6) is 0 Å². The Bertz CT molecular complexity index is 388. The molecular formula is C17H33IN4O. The second kappa shape index (κ2) is 8.85. The van der Waals surface area contributed by atoms with Crippen LogP contribution in [0.15, 0.2) is 4.99 Å². The number of morpholine rings is 1. The fraction of sp³-hybridized carbons (Fsp3) is 0.941. The van der Waals surface area contributed by atoms with E-state index in [2.05, 4.69) is 16.8 Å². The quantitative estimate of drug-likeness (QED) is 0.408. The van der Waals surface area contributed by atoms with Gasteiger partial charge in [-0.2, -0.15) is 0 Å². The van der Waals surface area contributed by atoms with E-state index in [-0.39, 0.29) is 24.0 Å². The van der Waals surface area contributed by atoms with Crippen molar-refractivity contribution in [1.29, 1.82) is 0 Å². The van der Waals surface area contributed by atoms with Crippen LogP contribution in [0.1, 0.15) is 44.9 Å². The Kier molecular flexibility index (Phi) is 7.41. The smallest absolute Gasteiger partial charge is 0.191 e. The number of nitrogens with two attached hydrogens (primary N) is 1. The highest BCUT2D eigenvalue weighted by molar-refractivity contribution is 14.0. The van der Waals surface area contributed by atoms with Gasteiger partial charge in [0.15, 0.2) is 5.96 Å². The third kappa shape index (κ3) is 5.46. The van der Waals surface area contributed by atoms with E-state index in [1.165, 1.54) is 51.5 Å². The molecule has 1 saturated heterocycles. The topological polar surface area (TPSA) is 54.1 Å². The summed E-state index contributed by atoms with van der Waals surface area (Å²) in [6.45, 7) is 5.97. The highest BCUT2D eigenvalue weighted by Gasteiger charge is 2.35. The van der Waals surface area contributed by atoms with Crippen LogP contribution >= 0.6 is 24.0 Å². The zero-order chi connectivity index (χ0) is 15.4. The number of hydrogen-bond acceptors (Lipinski definition) is 3. The molecule has 2 N–H and O–H groups in total. The Hall–Kier alpha value is -0.0800. The standard InChI is InChI=1S/C17H32N4O.HI/c1-20(15-5-6-15)16(18)19-13-17(7-3-2-4-8-17)14-21-9-11-22-12-10-21;/h15H,2-14H2,1H3,(H2,18,19);1H. The summed E-state index contributed by atoms with van der Waals surface area (Å²) in [6.07, 6.45) is 9.21. The van der Waals surface area contributed by atoms with Crippen LogP contribution in [-0.4, -0.2) is 68.2 Å². The number of halogens is 1. The van der Waals surface area contributed by atoms with Gasteiger partial charge in [-0.3, -0.25) is 9.89 Å². The zero-order valence-corrected chi connectivity index (χ0v) is 16.8. The largest absolute Gasteiger partial charge is 0.379 e. The first-order chi connectivity index (χ1) is 10.7. The normalized spacial score (nSPS) is 25.7. The lowest BCUT2D eigenvalue weighted by Crippen LogP contribution is -2.46. The third-order valence-electron chi connectivity index (χ3n) is 5.61. The van der Waals surface area contributed by atoms with Gasteiger partial charge in [0.25, 0.3) is 0 Å². The monoisotopic (exact) mass is 436 g/mol. The van der Waals surface area contributed by atoms with E-state index in [1.807, 2.05) is 0 Å². The molecule has 134 valence electrons. The first-order valence-electron chi connectivity index (χ1n) is 9.01. The fourth-order valence-electron chi connectivity index (χ4n) is 3.91. The second-order valence-corrected chi connectivity index (χ2v) is 7.47. The van der Waals surface area contributed by atoms with Gasteiger partial charge in [-0.15, -0.1) is 24.0 Å². The minimum atomic E-state index is 0. The molecule has 6 heteroatoms. The van der Waals surface area contributed by atoms with Crippen LogP contribution in [0, 0.1) is 5.41 Å². The van der Waals surface area contributed by atoms with Crippen LogP contribution in [0.4, 0.5) is 0 Å². The van der Waals surface area contributed by atoms with Gasteiger partial charge in [0.1, 0.15) is 0 Å². The summed E-state index contributed by atoms with van der Waals surface area (Å²) in [5.74, 6) is 0.745. The van der Waals surface area contributed by atoms with Gasteiger partial charge >= 0.3 is 0 Å². The lowest BCUT2D eigenvalue weighted by molar-refractivity contribution is 0.00935. The van der Waals surface area contributed by atoms with Crippen molar-refractivity contribution in [2.75, 3.05) is 46.4 Å². The summed E-state index contributed by atoms with van der Waals surface area (Å²) in [5, 5.41) is 0. The fourth-order valence-corrected chi connectivity index (χ4v) is 3.91. The van der Waals surface area contributed by atoms with Crippen molar-refractivity contribution in [3.63, 3.8) is 0 Å². The van der Waals surface area contributed by atoms with Gasteiger partial charge in [-0.25, -0.2) is 0 Å². The number of rotatable bonds is 5. The molecule has 0 aromatic carbocycles. The van der Waals surface area contributed by atoms with Gasteiger partial charge < -0.3 is 15.4 Å². The molecule has 0 radical (unpaired) electrons. The average Bonchev–Trinajstić information content (AvgIpc) is 3.39. The number of guanidine groups is 1. The molecule has 0 spiro atoms. The first-order valence-corrected chi connectivity index (χ1v) is 9.01. The van der Waals surface area contributed by atoms with Gasteiger partial charge in [-0.1, -0.05) is 19.3 Å². The summed E-state index contributed by atoms with van der Waals surface area (Å²) in [4.78, 5) is 9.56. The number of hydrogen-bond donors (Lipinski definition) is 1. The number of ether oxygens (including phenoxy) is 1. The summed E-state index contributed by atoms with van der Waals surface area (Å²) < 4.78 is 5.49. The predicted molar refractivity (Wildman–Crippen MR) is 105 cm³/mol. The maximum Gasteiger partial charge on any atom is 0.191 e. The zero-order valence-electron chi connectivity index (χ0n) is 14.5. The SMILES string of the molecule is CN(C(N)=NCC1(CN2CCOCC2)CCCCC1)C1CC1.I. The maximum absolute atomic E-state index is 6.21. The summed E-state index contributed by atoms with van der Waals surface area (Å²) in [5.41, 5.74) is 6.55. The Labute approximate surface area is 158 Å². The number of nitrogens with zero attached hydrogens (tertiary/aromatic N) is 3. The molecule has 2 aliphatic carbocycles. The van der Waals surface area contributed by atoms with Crippen molar-refractivity contribution in [3.8, 4) is 0 Å². The Balaban J connectivity index is 0.00000192. The summed E-state index contributed by atoms with van der Waals surface area (Å²) in [6, 6.07) is 0.644. The highest BCUT2D eigenvalue weighted by Crippen LogP contribution is 2.37. The lowest BCUT2D eigenvalue weighted by Gasteiger charge is -2.41. The van der Waals surface area contributed by atoms with Crippen LogP contribution in [-0.2, 0) is 4.74 Å². The Morgan fingerprint density at radius 2 is 1.87 bits per heavy atom. The van der Waals surface area contributed by atoms with Crippen molar-refractivity contribution in [2.45, 2.75) is 51.0 Å². The van der Waals surface area contributed by atoms with Crippen molar-refractivity contribution >= 4 is 29.9 Å². The van der Waals surface area contributed by atoms with Crippen molar-refractivity contribution in [3.05, 3.63) is 0 Å². The molecule has 2 saturated carbocycles. The Morgan fingerprint density at radius 3 is 2.48 bits per heavy atom. The van der Waals surface area contributed by atoms with Crippen molar-refractivity contribution < 1.29 is 4.74 Å². The van der Waals surface area contributed by atoms with E-state index in [9.17, 15) is 0 Å². The van der Waals surface area contributed by atoms with Crippen LogP contribution in [0.3, 0.4) is 0 Å². The van der Waals surface area contributed by atoms with E-state index < -0.39 is 0 Å². The molecule has 0 unspecified atom stereocenters. The molecule has 3 aliphatic rings. The molecule has 23 heavy (non-hydrogen) atoms. The van der Waals surface area contributed by atoms with Gasteiger partial charge in [0.05, 0.1) is 13.2 Å². The van der Waals surface area contributed by atoms with Crippen LogP contribution in [0.25, 0.3) is 0 Å². The van der Waals surface area contributed by atoms with Gasteiger partial charge in [-0.05, 0) is 25.7 Å². The van der Waals surface area contributed by atoms with E-state index in [4.69, 9.17) is 15.5 Å².